The minimum Gasteiger partial charge on any atom is -0.488 e. The summed E-state index contributed by atoms with van der Waals surface area (Å²) in [5, 5.41) is 3.40. The van der Waals surface area contributed by atoms with Gasteiger partial charge in [-0.05, 0) is 70.4 Å². The molecule has 3 rings (SSSR count). The number of nitrogens with one attached hydrogen (secondary N) is 1. The van der Waals surface area contributed by atoms with Gasteiger partial charge in [-0.2, -0.15) is 0 Å². The van der Waals surface area contributed by atoms with Gasteiger partial charge < -0.3 is 10.1 Å². The smallest absolute Gasteiger partial charge is 0.134 e. The van der Waals surface area contributed by atoms with Gasteiger partial charge in [0.15, 0.2) is 0 Å². The molecule has 3 aromatic rings. The second-order valence-electron chi connectivity index (χ2n) is 5.90. The Bertz CT molecular complexity index is 849. The lowest BCUT2D eigenvalue weighted by Gasteiger charge is -2.11. The van der Waals surface area contributed by atoms with E-state index < -0.39 is 0 Å². The normalized spacial score (nSPS) is 10.5. The van der Waals surface area contributed by atoms with Crippen molar-refractivity contribution in [2.24, 2.45) is 0 Å². The Hall–Kier alpha value is -2.33. The van der Waals surface area contributed by atoms with Crippen LogP contribution in [0, 0.1) is 12.7 Å². The second-order valence-corrected chi connectivity index (χ2v) is 6.76. The van der Waals surface area contributed by atoms with Crippen LogP contribution in [-0.4, -0.2) is 0 Å². The van der Waals surface area contributed by atoms with Crippen LogP contribution >= 0.6 is 15.9 Å². The number of aryl methyl sites for hydroxylation is 1. The van der Waals surface area contributed by atoms with E-state index in [-0.39, 0.29) is 5.82 Å². The highest BCUT2D eigenvalue weighted by molar-refractivity contribution is 9.10. The van der Waals surface area contributed by atoms with E-state index >= 15 is 0 Å². The van der Waals surface area contributed by atoms with Crippen LogP contribution in [0.3, 0.4) is 0 Å². The molecule has 128 valence electrons. The summed E-state index contributed by atoms with van der Waals surface area (Å²) >= 11 is 3.54. The third kappa shape index (κ3) is 5.07. The molecule has 0 fully saturated rings. The van der Waals surface area contributed by atoms with Crippen molar-refractivity contribution in [1.82, 2.24) is 0 Å². The van der Waals surface area contributed by atoms with E-state index in [0.29, 0.717) is 6.61 Å². The maximum atomic E-state index is 13.2. The maximum absolute atomic E-state index is 13.2. The van der Waals surface area contributed by atoms with Gasteiger partial charge in [0.25, 0.3) is 0 Å². The Kier molecular flexibility index (Phi) is 5.71. The highest BCUT2D eigenvalue weighted by Crippen LogP contribution is 2.27. The zero-order valence-electron chi connectivity index (χ0n) is 13.9. The van der Waals surface area contributed by atoms with E-state index in [1.807, 2.05) is 24.3 Å². The average molecular weight is 400 g/mol. The molecule has 0 aliphatic rings. The van der Waals surface area contributed by atoms with Gasteiger partial charge >= 0.3 is 0 Å². The quantitative estimate of drug-likeness (QED) is 0.541. The van der Waals surface area contributed by atoms with Gasteiger partial charge in [0, 0.05) is 12.2 Å². The number of ether oxygens (including phenoxy) is 1. The van der Waals surface area contributed by atoms with Crippen molar-refractivity contribution in [2.75, 3.05) is 5.32 Å². The van der Waals surface area contributed by atoms with Crippen molar-refractivity contribution in [1.29, 1.82) is 0 Å². The number of anilines is 1. The molecule has 0 bridgehead atoms. The summed E-state index contributed by atoms with van der Waals surface area (Å²) in [6.07, 6.45) is 0. The molecule has 0 unspecified atom stereocenters. The Morgan fingerprint density at radius 3 is 2.48 bits per heavy atom. The molecule has 0 spiro atoms. The van der Waals surface area contributed by atoms with Crippen LogP contribution in [0.4, 0.5) is 10.1 Å². The molecule has 4 heteroatoms. The molecule has 0 aliphatic carbocycles. The molecule has 0 radical (unpaired) electrons. The van der Waals surface area contributed by atoms with Gasteiger partial charge in [0.2, 0.25) is 0 Å². The summed E-state index contributed by atoms with van der Waals surface area (Å²) in [7, 11) is 0. The molecule has 1 N–H and O–H groups in total. The monoisotopic (exact) mass is 399 g/mol. The number of hydrogen-bond acceptors (Lipinski definition) is 2. The third-order valence-electron chi connectivity index (χ3n) is 3.83. The summed E-state index contributed by atoms with van der Waals surface area (Å²) in [6.45, 7) is 3.13. The number of hydrogen-bond donors (Lipinski definition) is 1. The van der Waals surface area contributed by atoms with Crippen molar-refractivity contribution in [3.8, 4) is 5.75 Å². The van der Waals surface area contributed by atoms with Crippen molar-refractivity contribution < 1.29 is 9.13 Å². The first kappa shape index (κ1) is 17.5. The van der Waals surface area contributed by atoms with E-state index in [1.165, 1.54) is 17.7 Å². The van der Waals surface area contributed by atoms with Crippen LogP contribution in [0.1, 0.15) is 16.7 Å². The summed E-state index contributed by atoms with van der Waals surface area (Å²) in [5.41, 5.74) is 4.28. The molecular weight excluding hydrogens is 381 g/mol. The summed E-state index contributed by atoms with van der Waals surface area (Å²) in [5.74, 6) is 0.487. The van der Waals surface area contributed by atoms with Gasteiger partial charge in [-0.1, -0.05) is 35.9 Å². The summed E-state index contributed by atoms with van der Waals surface area (Å²) in [4.78, 5) is 0. The fraction of sp³-hybridized carbons (Fsp3) is 0.143. The zero-order chi connectivity index (χ0) is 17.6. The van der Waals surface area contributed by atoms with E-state index in [2.05, 4.69) is 52.4 Å². The largest absolute Gasteiger partial charge is 0.488 e. The van der Waals surface area contributed by atoms with Crippen LogP contribution in [0.25, 0.3) is 0 Å². The van der Waals surface area contributed by atoms with Gasteiger partial charge in [-0.3, -0.25) is 0 Å². The third-order valence-corrected chi connectivity index (χ3v) is 4.45. The lowest BCUT2D eigenvalue weighted by atomic mass is 10.2. The van der Waals surface area contributed by atoms with E-state index in [9.17, 15) is 4.39 Å². The fourth-order valence-electron chi connectivity index (χ4n) is 2.43. The Labute approximate surface area is 155 Å². The molecule has 25 heavy (non-hydrogen) atoms. The van der Waals surface area contributed by atoms with E-state index in [4.69, 9.17) is 4.74 Å². The molecular formula is C21H19BrFNO. The molecule has 0 saturated heterocycles. The van der Waals surface area contributed by atoms with Crippen molar-refractivity contribution in [2.45, 2.75) is 20.1 Å². The minimum absolute atomic E-state index is 0.252. The molecule has 0 aliphatic heterocycles. The van der Waals surface area contributed by atoms with Crippen LogP contribution < -0.4 is 10.1 Å². The second kappa shape index (κ2) is 8.17. The molecule has 0 atom stereocenters. The van der Waals surface area contributed by atoms with Crippen molar-refractivity contribution >= 4 is 21.6 Å². The topological polar surface area (TPSA) is 21.3 Å². The number of benzene rings is 3. The first-order valence-electron chi connectivity index (χ1n) is 8.06. The predicted octanol–water partition coefficient (Wildman–Crippen LogP) is 6.09. The van der Waals surface area contributed by atoms with E-state index in [0.717, 1.165) is 33.6 Å². The summed E-state index contributed by atoms with van der Waals surface area (Å²) < 4.78 is 19.9. The first-order chi connectivity index (χ1) is 12.1. The minimum atomic E-state index is -0.252. The highest BCUT2D eigenvalue weighted by Gasteiger charge is 2.04. The lowest BCUT2D eigenvalue weighted by molar-refractivity contribution is 0.303. The Balaban J connectivity index is 1.59. The molecule has 0 aromatic heterocycles. The zero-order valence-corrected chi connectivity index (χ0v) is 15.5. The first-order valence-corrected chi connectivity index (χ1v) is 8.86. The van der Waals surface area contributed by atoms with Crippen LogP contribution in [0.15, 0.2) is 71.2 Å². The number of halogens is 2. The Morgan fingerprint density at radius 1 is 0.960 bits per heavy atom. The van der Waals surface area contributed by atoms with Crippen molar-refractivity contribution in [3.05, 3.63) is 93.7 Å². The standard InChI is InChI=1S/C21H19BrFNO/c1-15-5-8-19(9-6-15)24-13-16-7-10-21(20(22)12-16)25-14-17-3-2-4-18(23)11-17/h2-12,24H,13-14H2,1H3. The van der Waals surface area contributed by atoms with Crippen LogP contribution in [0.5, 0.6) is 5.75 Å². The Morgan fingerprint density at radius 2 is 1.76 bits per heavy atom. The van der Waals surface area contributed by atoms with Gasteiger partial charge in [0.05, 0.1) is 4.47 Å². The summed E-state index contributed by atoms with van der Waals surface area (Å²) in [6, 6.07) is 20.7. The van der Waals surface area contributed by atoms with Crippen LogP contribution in [-0.2, 0) is 13.2 Å². The van der Waals surface area contributed by atoms with E-state index in [1.54, 1.807) is 6.07 Å². The van der Waals surface area contributed by atoms with Gasteiger partial charge in [-0.15, -0.1) is 0 Å². The number of rotatable bonds is 6. The average Bonchev–Trinajstić information content (AvgIpc) is 2.60. The van der Waals surface area contributed by atoms with Gasteiger partial charge in [-0.25, -0.2) is 4.39 Å². The maximum Gasteiger partial charge on any atom is 0.134 e. The van der Waals surface area contributed by atoms with Gasteiger partial charge in [0.1, 0.15) is 18.2 Å². The SMILES string of the molecule is Cc1ccc(NCc2ccc(OCc3cccc(F)c3)c(Br)c2)cc1. The molecule has 0 heterocycles. The molecule has 0 saturated carbocycles. The van der Waals surface area contributed by atoms with Crippen molar-refractivity contribution in [3.63, 3.8) is 0 Å². The predicted molar refractivity (Wildman–Crippen MR) is 103 cm³/mol. The molecule has 2 nitrogen and oxygen atoms in total. The van der Waals surface area contributed by atoms with Crippen LogP contribution in [0.2, 0.25) is 0 Å². The highest BCUT2D eigenvalue weighted by atomic mass is 79.9. The fourth-order valence-corrected chi connectivity index (χ4v) is 2.98. The lowest BCUT2D eigenvalue weighted by Crippen LogP contribution is -2.01. The molecule has 3 aromatic carbocycles. The molecule has 0 amide bonds.